The fraction of sp³-hybridized carbons (Fsp3) is 0.300. The summed E-state index contributed by atoms with van der Waals surface area (Å²) >= 11 is 17.2. The van der Waals surface area contributed by atoms with Gasteiger partial charge in [-0.3, -0.25) is 0 Å². The zero-order valence-electron chi connectivity index (χ0n) is 8.53. The summed E-state index contributed by atoms with van der Waals surface area (Å²) in [5.41, 5.74) is 1.62. The number of thiocarbonyl (C=S) groups is 1. The molecule has 1 aromatic rings. The van der Waals surface area contributed by atoms with Gasteiger partial charge in [0.05, 0.1) is 15.7 Å². The average Bonchev–Trinajstić information content (AvgIpc) is 2.19. The second kappa shape index (κ2) is 5.54. The summed E-state index contributed by atoms with van der Waals surface area (Å²) in [6.45, 7) is 4.64. The molecule has 0 fully saturated rings. The molecule has 1 rings (SSSR count). The lowest BCUT2D eigenvalue weighted by molar-refractivity contribution is 0.979. The predicted molar refractivity (Wildman–Crippen MR) is 71.1 cm³/mol. The number of hydrogen-bond donors (Lipinski definition) is 2. The minimum absolute atomic E-state index is 0.520. The monoisotopic (exact) mass is 262 g/mol. The van der Waals surface area contributed by atoms with Gasteiger partial charge in [0.25, 0.3) is 0 Å². The van der Waals surface area contributed by atoms with E-state index in [-0.39, 0.29) is 0 Å². The van der Waals surface area contributed by atoms with E-state index in [4.69, 9.17) is 35.4 Å². The zero-order chi connectivity index (χ0) is 11.4. The molecule has 0 heterocycles. The van der Waals surface area contributed by atoms with Gasteiger partial charge in [-0.25, -0.2) is 0 Å². The summed E-state index contributed by atoms with van der Waals surface area (Å²) in [5, 5.41) is 7.63. The van der Waals surface area contributed by atoms with Crippen LogP contribution in [0.2, 0.25) is 10.0 Å². The molecule has 82 valence electrons. The van der Waals surface area contributed by atoms with Gasteiger partial charge in [0.1, 0.15) is 0 Å². The zero-order valence-corrected chi connectivity index (χ0v) is 10.9. The number of anilines is 1. The van der Waals surface area contributed by atoms with Gasteiger partial charge in [0, 0.05) is 6.54 Å². The Bertz CT molecular complexity index is 380. The van der Waals surface area contributed by atoms with E-state index in [0.717, 1.165) is 12.1 Å². The van der Waals surface area contributed by atoms with Gasteiger partial charge in [-0.2, -0.15) is 0 Å². The number of hydrogen-bond acceptors (Lipinski definition) is 1. The molecule has 2 N–H and O–H groups in total. The molecule has 0 unspecified atom stereocenters. The van der Waals surface area contributed by atoms with Crippen LogP contribution in [0.1, 0.15) is 12.5 Å². The first kappa shape index (κ1) is 12.6. The van der Waals surface area contributed by atoms with Crippen LogP contribution in [-0.2, 0) is 0 Å². The molecule has 5 heteroatoms. The van der Waals surface area contributed by atoms with Crippen LogP contribution in [0.4, 0.5) is 5.69 Å². The van der Waals surface area contributed by atoms with Crippen LogP contribution in [0, 0.1) is 6.92 Å². The first-order valence-corrected chi connectivity index (χ1v) is 5.72. The van der Waals surface area contributed by atoms with Gasteiger partial charge < -0.3 is 10.6 Å². The Morgan fingerprint density at radius 1 is 1.40 bits per heavy atom. The minimum Gasteiger partial charge on any atom is -0.363 e. The molecule has 0 radical (unpaired) electrons. The second-order valence-electron chi connectivity index (χ2n) is 3.04. The van der Waals surface area contributed by atoms with Crippen molar-refractivity contribution in [1.82, 2.24) is 5.32 Å². The van der Waals surface area contributed by atoms with E-state index in [2.05, 4.69) is 10.6 Å². The fourth-order valence-corrected chi connectivity index (χ4v) is 1.80. The lowest BCUT2D eigenvalue weighted by Gasteiger charge is -2.13. The molecular weight excluding hydrogens is 251 g/mol. The Hall–Kier alpha value is -0.510. The number of halogens is 2. The molecule has 1 aromatic carbocycles. The van der Waals surface area contributed by atoms with Gasteiger partial charge in [-0.05, 0) is 37.7 Å². The van der Waals surface area contributed by atoms with E-state index in [0.29, 0.717) is 20.8 Å². The maximum absolute atomic E-state index is 6.11. The molecule has 0 aliphatic carbocycles. The lowest BCUT2D eigenvalue weighted by Crippen LogP contribution is -2.28. The topological polar surface area (TPSA) is 24.1 Å². The van der Waals surface area contributed by atoms with Crippen molar-refractivity contribution in [3.8, 4) is 0 Å². The molecule has 15 heavy (non-hydrogen) atoms. The maximum Gasteiger partial charge on any atom is 0.170 e. The molecular formula is C10H12Cl2N2S. The van der Waals surface area contributed by atoms with Crippen molar-refractivity contribution in [2.45, 2.75) is 13.8 Å². The van der Waals surface area contributed by atoms with Crippen molar-refractivity contribution in [1.29, 1.82) is 0 Å². The summed E-state index contributed by atoms with van der Waals surface area (Å²) in [7, 11) is 0. The molecule has 0 aliphatic rings. The van der Waals surface area contributed by atoms with Crippen LogP contribution < -0.4 is 10.6 Å². The van der Waals surface area contributed by atoms with Gasteiger partial charge in [0.2, 0.25) is 0 Å². The summed E-state index contributed by atoms with van der Waals surface area (Å²) in [5.74, 6) is 0. The van der Waals surface area contributed by atoms with E-state index < -0.39 is 0 Å². The van der Waals surface area contributed by atoms with Gasteiger partial charge >= 0.3 is 0 Å². The molecule has 0 amide bonds. The lowest BCUT2D eigenvalue weighted by atomic mass is 10.2. The summed E-state index contributed by atoms with van der Waals surface area (Å²) in [6, 6.07) is 3.66. The molecule has 0 atom stereocenters. The first-order chi connectivity index (χ1) is 7.06. The highest BCUT2D eigenvalue weighted by atomic mass is 35.5. The van der Waals surface area contributed by atoms with Crippen molar-refractivity contribution in [2.24, 2.45) is 0 Å². The number of benzene rings is 1. The van der Waals surface area contributed by atoms with Crippen molar-refractivity contribution < 1.29 is 0 Å². The summed E-state index contributed by atoms with van der Waals surface area (Å²) in [6.07, 6.45) is 0. The molecule has 0 spiro atoms. The Balaban J connectivity index is 2.93. The van der Waals surface area contributed by atoms with E-state index in [9.17, 15) is 0 Å². The Morgan fingerprint density at radius 3 is 2.67 bits per heavy atom. The van der Waals surface area contributed by atoms with Crippen molar-refractivity contribution in [3.05, 3.63) is 27.7 Å². The normalized spacial score (nSPS) is 9.87. The highest BCUT2D eigenvalue weighted by Crippen LogP contribution is 2.32. The standard InChI is InChI=1S/C10H12Cl2N2S/c1-3-13-10(15)14-9-7(11)5-4-6(2)8(9)12/h4-5H,3H2,1-2H3,(H2,13,14,15). The predicted octanol–water partition coefficient (Wildman–Crippen LogP) is 3.61. The third kappa shape index (κ3) is 3.23. The number of aryl methyl sites for hydroxylation is 1. The second-order valence-corrected chi connectivity index (χ2v) is 4.23. The SMILES string of the molecule is CCNC(=S)Nc1c(Cl)ccc(C)c1Cl. The molecule has 0 saturated carbocycles. The third-order valence-electron chi connectivity index (χ3n) is 1.86. The van der Waals surface area contributed by atoms with Gasteiger partial charge in [0.15, 0.2) is 5.11 Å². The van der Waals surface area contributed by atoms with E-state index in [1.807, 2.05) is 19.9 Å². The van der Waals surface area contributed by atoms with Crippen LogP contribution in [0.3, 0.4) is 0 Å². The van der Waals surface area contributed by atoms with Crippen LogP contribution in [0.15, 0.2) is 12.1 Å². The minimum atomic E-state index is 0.520. The van der Waals surface area contributed by atoms with E-state index in [1.54, 1.807) is 6.07 Å². The largest absolute Gasteiger partial charge is 0.363 e. The van der Waals surface area contributed by atoms with Crippen LogP contribution >= 0.6 is 35.4 Å². The highest BCUT2D eigenvalue weighted by Gasteiger charge is 2.09. The summed E-state index contributed by atoms with van der Waals surface area (Å²) in [4.78, 5) is 0. The first-order valence-electron chi connectivity index (χ1n) is 4.55. The molecule has 2 nitrogen and oxygen atoms in total. The number of rotatable bonds is 2. The van der Waals surface area contributed by atoms with Gasteiger partial charge in [-0.15, -0.1) is 0 Å². The maximum atomic E-state index is 6.11. The van der Waals surface area contributed by atoms with Crippen molar-refractivity contribution in [3.63, 3.8) is 0 Å². The van der Waals surface area contributed by atoms with Crippen LogP contribution in [0.25, 0.3) is 0 Å². The average molecular weight is 263 g/mol. The Kier molecular flexibility index (Phi) is 4.64. The van der Waals surface area contributed by atoms with Gasteiger partial charge in [-0.1, -0.05) is 29.3 Å². The quantitative estimate of drug-likeness (QED) is 0.797. The molecule has 0 bridgehead atoms. The molecule has 0 saturated heterocycles. The molecule has 0 aromatic heterocycles. The van der Waals surface area contributed by atoms with Crippen molar-refractivity contribution in [2.75, 3.05) is 11.9 Å². The fourth-order valence-electron chi connectivity index (χ4n) is 1.09. The van der Waals surface area contributed by atoms with E-state index >= 15 is 0 Å². The third-order valence-corrected chi connectivity index (χ3v) is 2.91. The van der Waals surface area contributed by atoms with Crippen molar-refractivity contribution >= 4 is 46.2 Å². The highest BCUT2D eigenvalue weighted by molar-refractivity contribution is 7.80. The Labute approximate surface area is 105 Å². The van der Waals surface area contributed by atoms with E-state index in [1.165, 1.54) is 0 Å². The molecule has 0 aliphatic heterocycles. The number of nitrogens with one attached hydrogen (secondary N) is 2. The Morgan fingerprint density at radius 2 is 2.07 bits per heavy atom. The van der Waals surface area contributed by atoms with Crippen LogP contribution in [-0.4, -0.2) is 11.7 Å². The summed E-state index contributed by atoms with van der Waals surface area (Å²) < 4.78 is 0. The smallest absolute Gasteiger partial charge is 0.170 e. The van der Waals surface area contributed by atoms with Crippen LogP contribution in [0.5, 0.6) is 0 Å².